The maximum Gasteiger partial charge on any atom is 0.0650 e. The van der Waals surface area contributed by atoms with Crippen LogP contribution < -0.4 is 5.73 Å². The van der Waals surface area contributed by atoms with E-state index in [-0.39, 0.29) is 5.92 Å². The first-order valence-electron chi connectivity index (χ1n) is 5.47. The van der Waals surface area contributed by atoms with Gasteiger partial charge in [-0.3, -0.25) is 0 Å². The third-order valence-corrected chi connectivity index (χ3v) is 3.80. The molecule has 2 atom stereocenters. The van der Waals surface area contributed by atoms with E-state index in [2.05, 4.69) is 0 Å². The van der Waals surface area contributed by atoms with Gasteiger partial charge in [0.15, 0.2) is 0 Å². The number of halogens is 2. The van der Waals surface area contributed by atoms with Crippen LogP contribution in [0.25, 0.3) is 0 Å². The van der Waals surface area contributed by atoms with E-state index in [1.54, 1.807) is 18.2 Å². The number of hydrogen-bond donors (Lipinski definition) is 2. The molecular weight excluding hydrogens is 245 g/mol. The van der Waals surface area contributed by atoms with Crippen LogP contribution in [0.5, 0.6) is 0 Å². The highest BCUT2D eigenvalue weighted by atomic mass is 35.5. The zero-order chi connectivity index (χ0) is 11.7. The van der Waals surface area contributed by atoms with Crippen LogP contribution in [0.1, 0.15) is 24.3 Å². The largest absolute Gasteiger partial charge is 0.392 e. The van der Waals surface area contributed by atoms with E-state index in [0.29, 0.717) is 22.5 Å². The minimum absolute atomic E-state index is 0.159. The van der Waals surface area contributed by atoms with E-state index in [4.69, 9.17) is 28.9 Å². The van der Waals surface area contributed by atoms with Crippen LogP contribution in [0.15, 0.2) is 18.2 Å². The van der Waals surface area contributed by atoms with E-state index in [1.165, 1.54) is 0 Å². The van der Waals surface area contributed by atoms with Crippen LogP contribution in [0, 0.1) is 5.92 Å². The fraction of sp³-hybridized carbons (Fsp3) is 0.500. The van der Waals surface area contributed by atoms with Crippen molar-refractivity contribution < 1.29 is 5.11 Å². The molecule has 2 nitrogen and oxygen atoms in total. The Morgan fingerprint density at radius 2 is 1.88 bits per heavy atom. The topological polar surface area (TPSA) is 46.2 Å². The molecule has 1 aliphatic carbocycles. The molecule has 4 heteroatoms. The lowest BCUT2D eigenvalue weighted by Crippen LogP contribution is -2.28. The monoisotopic (exact) mass is 259 g/mol. The van der Waals surface area contributed by atoms with Gasteiger partial charge in [-0.25, -0.2) is 0 Å². The first kappa shape index (κ1) is 12.2. The van der Waals surface area contributed by atoms with Crippen LogP contribution in [0.2, 0.25) is 10.0 Å². The molecule has 16 heavy (non-hydrogen) atoms. The molecule has 0 aliphatic heterocycles. The second-order valence-corrected chi connectivity index (χ2v) is 5.12. The summed E-state index contributed by atoms with van der Waals surface area (Å²) in [5, 5.41) is 11.3. The van der Waals surface area contributed by atoms with Gasteiger partial charge in [0.1, 0.15) is 0 Å². The summed E-state index contributed by atoms with van der Waals surface area (Å²) in [6.07, 6.45) is 1.71. The van der Waals surface area contributed by atoms with Gasteiger partial charge in [0, 0.05) is 22.5 Å². The maximum atomic E-state index is 10.2. The van der Waals surface area contributed by atoms with Crippen LogP contribution >= 0.6 is 23.2 Å². The summed E-state index contributed by atoms with van der Waals surface area (Å²) in [7, 11) is 0. The van der Waals surface area contributed by atoms with Gasteiger partial charge in [-0.2, -0.15) is 0 Å². The normalized spacial score (nSPS) is 19.5. The van der Waals surface area contributed by atoms with E-state index in [0.717, 1.165) is 18.4 Å². The number of aliphatic hydroxyl groups is 1. The van der Waals surface area contributed by atoms with E-state index in [9.17, 15) is 5.11 Å². The van der Waals surface area contributed by atoms with Gasteiger partial charge in [-0.15, -0.1) is 0 Å². The number of nitrogens with two attached hydrogens (primary N) is 1. The molecule has 0 heterocycles. The first-order chi connectivity index (χ1) is 7.65. The average molecular weight is 260 g/mol. The van der Waals surface area contributed by atoms with E-state index < -0.39 is 6.10 Å². The summed E-state index contributed by atoms with van der Waals surface area (Å²) in [5.74, 6) is 0.203. The van der Waals surface area contributed by atoms with Crippen LogP contribution in [0.3, 0.4) is 0 Å². The van der Waals surface area contributed by atoms with Gasteiger partial charge in [-0.1, -0.05) is 29.3 Å². The Bertz CT molecular complexity index is 359. The molecule has 0 bridgehead atoms. The highest BCUT2D eigenvalue weighted by Crippen LogP contribution is 2.42. The van der Waals surface area contributed by atoms with Gasteiger partial charge in [0.2, 0.25) is 0 Å². The smallest absolute Gasteiger partial charge is 0.0650 e. The molecule has 0 aromatic heterocycles. The van der Waals surface area contributed by atoms with Crippen molar-refractivity contribution in [3.8, 4) is 0 Å². The molecule has 0 saturated heterocycles. The molecule has 1 aromatic rings. The maximum absolute atomic E-state index is 10.2. The molecule has 3 N–H and O–H groups in total. The minimum atomic E-state index is -0.428. The Morgan fingerprint density at radius 3 is 2.31 bits per heavy atom. The van der Waals surface area contributed by atoms with Gasteiger partial charge < -0.3 is 10.8 Å². The molecule has 2 rings (SSSR count). The molecule has 0 radical (unpaired) electrons. The van der Waals surface area contributed by atoms with Crippen molar-refractivity contribution in [1.29, 1.82) is 0 Å². The van der Waals surface area contributed by atoms with Crippen LogP contribution in [-0.2, 0) is 0 Å². The van der Waals surface area contributed by atoms with E-state index in [1.807, 2.05) is 0 Å². The highest BCUT2D eigenvalue weighted by molar-refractivity contribution is 6.36. The number of hydrogen-bond acceptors (Lipinski definition) is 2. The Morgan fingerprint density at radius 1 is 1.31 bits per heavy atom. The lowest BCUT2D eigenvalue weighted by molar-refractivity contribution is 0.123. The molecule has 1 aromatic carbocycles. The molecule has 2 unspecified atom stereocenters. The standard InChI is InChI=1S/C12H15Cl2NO/c13-9-2-1-3-10(14)11(9)8(6-15)12(16)7-4-5-7/h1-3,7-8,12,16H,4-6,15H2. The fourth-order valence-electron chi connectivity index (χ4n) is 2.06. The highest BCUT2D eigenvalue weighted by Gasteiger charge is 2.36. The van der Waals surface area contributed by atoms with Crippen LogP contribution in [0.4, 0.5) is 0 Å². The van der Waals surface area contributed by atoms with Crippen molar-refractivity contribution >= 4 is 23.2 Å². The summed E-state index contributed by atoms with van der Waals surface area (Å²) in [5.41, 5.74) is 6.52. The van der Waals surface area contributed by atoms with Crippen LogP contribution in [-0.4, -0.2) is 17.8 Å². The van der Waals surface area contributed by atoms with E-state index >= 15 is 0 Å². The van der Waals surface area contributed by atoms with Crippen molar-refractivity contribution in [3.05, 3.63) is 33.8 Å². The lowest BCUT2D eigenvalue weighted by Gasteiger charge is -2.23. The van der Waals surface area contributed by atoms with Crippen molar-refractivity contribution in [3.63, 3.8) is 0 Å². The fourth-order valence-corrected chi connectivity index (χ4v) is 2.74. The predicted molar refractivity (Wildman–Crippen MR) is 67.0 cm³/mol. The summed E-state index contributed by atoms with van der Waals surface area (Å²) < 4.78 is 0. The molecule has 0 spiro atoms. The zero-order valence-electron chi connectivity index (χ0n) is 8.87. The summed E-state index contributed by atoms with van der Waals surface area (Å²) in [6, 6.07) is 5.36. The molecule has 0 amide bonds. The predicted octanol–water partition coefficient (Wildman–Crippen LogP) is 2.81. The third-order valence-electron chi connectivity index (χ3n) is 3.14. The summed E-state index contributed by atoms with van der Waals surface area (Å²) in [4.78, 5) is 0. The second kappa shape index (κ2) is 4.92. The van der Waals surface area contributed by atoms with Crippen molar-refractivity contribution in [2.24, 2.45) is 11.7 Å². The quantitative estimate of drug-likeness (QED) is 0.874. The molecule has 88 valence electrons. The minimum Gasteiger partial charge on any atom is -0.392 e. The molecular formula is C12H15Cl2NO. The summed E-state index contributed by atoms with van der Waals surface area (Å²) >= 11 is 12.2. The average Bonchev–Trinajstić information content (AvgIpc) is 3.06. The Balaban J connectivity index is 2.31. The van der Waals surface area contributed by atoms with Crippen molar-refractivity contribution in [2.45, 2.75) is 24.9 Å². The first-order valence-corrected chi connectivity index (χ1v) is 6.22. The summed E-state index contributed by atoms with van der Waals surface area (Å²) in [6.45, 7) is 0.362. The molecule has 1 fully saturated rings. The second-order valence-electron chi connectivity index (χ2n) is 4.31. The van der Waals surface area contributed by atoms with Gasteiger partial charge >= 0.3 is 0 Å². The lowest BCUT2D eigenvalue weighted by atomic mass is 9.90. The Kier molecular flexibility index (Phi) is 3.75. The SMILES string of the molecule is NCC(c1c(Cl)cccc1Cl)C(O)C1CC1. The molecule has 1 aliphatic rings. The number of aliphatic hydroxyl groups excluding tert-OH is 1. The third kappa shape index (κ3) is 2.35. The number of benzene rings is 1. The van der Waals surface area contributed by atoms with Gasteiger partial charge in [0.05, 0.1) is 6.10 Å². The Hall–Kier alpha value is -0.280. The number of rotatable bonds is 4. The van der Waals surface area contributed by atoms with Gasteiger partial charge in [0.25, 0.3) is 0 Å². The Labute approximate surface area is 105 Å². The van der Waals surface area contributed by atoms with Crippen molar-refractivity contribution in [2.75, 3.05) is 6.54 Å². The molecule has 1 saturated carbocycles. The van der Waals surface area contributed by atoms with Gasteiger partial charge in [-0.05, 0) is 36.5 Å². The van der Waals surface area contributed by atoms with Crippen molar-refractivity contribution in [1.82, 2.24) is 0 Å². The zero-order valence-corrected chi connectivity index (χ0v) is 10.4.